The van der Waals surface area contributed by atoms with Gasteiger partial charge in [0.15, 0.2) is 0 Å². The van der Waals surface area contributed by atoms with E-state index < -0.39 is 27.4 Å². The number of anilines is 1. The first-order chi connectivity index (χ1) is 14.2. The van der Waals surface area contributed by atoms with Gasteiger partial charge in [0.2, 0.25) is 5.91 Å². The van der Waals surface area contributed by atoms with Gasteiger partial charge in [-0.3, -0.25) is 14.9 Å². The molecule has 2 aromatic carbocycles. The van der Waals surface area contributed by atoms with Crippen LogP contribution in [0.5, 0.6) is 0 Å². The summed E-state index contributed by atoms with van der Waals surface area (Å²) in [6.45, 7) is 0.998. The van der Waals surface area contributed by atoms with Crippen LogP contribution in [0.25, 0.3) is 0 Å². The van der Waals surface area contributed by atoms with Gasteiger partial charge in [-0.25, -0.2) is 0 Å². The number of piperidine rings is 1. The van der Waals surface area contributed by atoms with Gasteiger partial charge in [0, 0.05) is 31.6 Å². The smallest absolute Gasteiger partial charge is 0.366 e. The highest BCUT2D eigenvalue weighted by Crippen LogP contribution is 2.42. The summed E-state index contributed by atoms with van der Waals surface area (Å²) in [4.78, 5) is 24.5. The van der Waals surface area contributed by atoms with E-state index in [0.717, 1.165) is 11.6 Å². The number of nitrogens with one attached hydrogen (secondary N) is 1. The Hall–Kier alpha value is -2.81. The lowest BCUT2D eigenvalue weighted by atomic mass is 9.95. The number of nitro benzene ring substituents is 1. The summed E-state index contributed by atoms with van der Waals surface area (Å²) >= 11 is 5.76. The zero-order chi connectivity index (χ0) is 21.9. The molecule has 1 saturated heterocycles. The predicted molar refractivity (Wildman–Crippen MR) is 106 cm³/mol. The quantitative estimate of drug-likeness (QED) is 0.534. The van der Waals surface area contributed by atoms with Crippen molar-refractivity contribution in [3.05, 3.63) is 68.7 Å². The SMILES string of the molecule is O=C(NCc1ccccc1)C1CCN(c2cc(Cl)c(C(F)(F)F)cc2[N+](=O)[O-])CC1. The highest BCUT2D eigenvalue weighted by molar-refractivity contribution is 6.31. The highest BCUT2D eigenvalue weighted by atomic mass is 35.5. The molecule has 0 atom stereocenters. The van der Waals surface area contributed by atoms with Crippen LogP contribution in [0.4, 0.5) is 24.5 Å². The van der Waals surface area contributed by atoms with Crippen LogP contribution in [0, 0.1) is 16.0 Å². The van der Waals surface area contributed by atoms with Crippen molar-refractivity contribution in [2.45, 2.75) is 25.6 Å². The lowest BCUT2D eigenvalue weighted by Crippen LogP contribution is -2.40. The first-order valence-electron chi connectivity index (χ1n) is 9.28. The molecule has 0 spiro atoms. The minimum atomic E-state index is -4.79. The molecule has 10 heteroatoms. The zero-order valence-corrected chi connectivity index (χ0v) is 16.5. The molecule has 1 N–H and O–H groups in total. The van der Waals surface area contributed by atoms with Gasteiger partial charge in [0.1, 0.15) is 5.69 Å². The molecule has 30 heavy (non-hydrogen) atoms. The van der Waals surface area contributed by atoms with Gasteiger partial charge >= 0.3 is 6.18 Å². The van der Waals surface area contributed by atoms with Gasteiger partial charge in [-0.2, -0.15) is 13.2 Å². The minimum absolute atomic E-state index is 0.0288. The summed E-state index contributed by atoms with van der Waals surface area (Å²) in [7, 11) is 0. The van der Waals surface area contributed by atoms with Crippen molar-refractivity contribution in [1.29, 1.82) is 0 Å². The summed E-state index contributed by atoms with van der Waals surface area (Å²) in [5.74, 6) is -0.382. The Morgan fingerprint density at radius 1 is 1.20 bits per heavy atom. The Bertz CT molecular complexity index is 930. The average molecular weight is 442 g/mol. The molecule has 1 fully saturated rings. The maximum atomic E-state index is 13.0. The summed E-state index contributed by atoms with van der Waals surface area (Å²) in [5.41, 5.74) is -0.895. The number of benzene rings is 2. The Kier molecular flexibility index (Phi) is 6.50. The number of hydrogen-bond acceptors (Lipinski definition) is 4. The molecular formula is C20H19ClF3N3O3. The van der Waals surface area contributed by atoms with E-state index in [2.05, 4.69) is 5.32 Å². The second-order valence-electron chi connectivity index (χ2n) is 7.04. The fraction of sp³-hybridized carbons (Fsp3) is 0.350. The molecule has 1 aliphatic rings. The largest absolute Gasteiger partial charge is 0.418 e. The maximum absolute atomic E-state index is 13.0. The molecule has 1 aliphatic heterocycles. The van der Waals surface area contributed by atoms with E-state index >= 15 is 0 Å². The fourth-order valence-corrected chi connectivity index (χ4v) is 3.75. The maximum Gasteiger partial charge on any atom is 0.418 e. The molecule has 6 nitrogen and oxygen atoms in total. The number of nitro groups is 1. The number of hydrogen-bond donors (Lipinski definition) is 1. The first-order valence-corrected chi connectivity index (χ1v) is 9.66. The number of rotatable bonds is 5. The molecule has 0 bridgehead atoms. The summed E-state index contributed by atoms with van der Waals surface area (Å²) < 4.78 is 39.1. The number of nitrogens with zero attached hydrogens (tertiary/aromatic N) is 2. The minimum Gasteiger partial charge on any atom is -0.366 e. The van der Waals surface area contributed by atoms with Gasteiger partial charge in [-0.05, 0) is 24.5 Å². The molecule has 1 amide bonds. The molecule has 0 aromatic heterocycles. The van der Waals surface area contributed by atoms with Gasteiger partial charge < -0.3 is 10.2 Å². The molecule has 160 valence electrons. The normalized spacial score (nSPS) is 15.1. The van der Waals surface area contributed by atoms with E-state index in [4.69, 9.17) is 11.6 Å². The van der Waals surface area contributed by atoms with E-state index in [-0.39, 0.29) is 17.5 Å². The van der Waals surface area contributed by atoms with E-state index in [1.54, 1.807) is 4.90 Å². The zero-order valence-electron chi connectivity index (χ0n) is 15.8. The monoisotopic (exact) mass is 441 g/mol. The molecule has 0 aliphatic carbocycles. The number of halogens is 4. The standard InChI is InChI=1S/C20H19ClF3N3O3/c21-16-11-17(18(27(29)30)10-15(16)20(22,23)24)26-8-6-14(7-9-26)19(28)25-12-13-4-2-1-3-5-13/h1-5,10-11,14H,6-9,12H2,(H,25,28). The number of carbonyl (C=O) groups is 1. The Morgan fingerprint density at radius 2 is 1.83 bits per heavy atom. The Balaban J connectivity index is 1.67. The average Bonchev–Trinajstić information content (AvgIpc) is 2.71. The molecular weight excluding hydrogens is 423 g/mol. The third kappa shape index (κ3) is 5.02. The van der Waals surface area contributed by atoms with Crippen molar-refractivity contribution >= 4 is 28.9 Å². The Labute approximate surface area is 175 Å². The van der Waals surface area contributed by atoms with Crippen molar-refractivity contribution in [2.75, 3.05) is 18.0 Å². The molecule has 1 heterocycles. The molecule has 0 unspecified atom stereocenters. The van der Waals surface area contributed by atoms with Gasteiger partial charge in [-0.15, -0.1) is 0 Å². The van der Waals surface area contributed by atoms with Crippen LogP contribution in [-0.2, 0) is 17.5 Å². The summed E-state index contributed by atoms with van der Waals surface area (Å²) in [6, 6.07) is 10.9. The van der Waals surface area contributed by atoms with Crippen LogP contribution in [0.1, 0.15) is 24.0 Å². The van der Waals surface area contributed by atoms with Crippen LogP contribution in [0.3, 0.4) is 0 Å². The third-order valence-corrected chi connectivity index (χ3v) is 5.40. The molecule has 0 saturated carbocycles. The van der Waals surface area contributed by atoms with E-state index in [1.165, 1.54) is 0 Å². The third-order valence-electron chi connectivity index (χ3n) is 5.08. The van der Waals surface area contributed by atoms with Crippen LogP contribution in [0.2, 0.25) is 5.02 Å². The number of carbonyl (C=O) groups excluding carboxylic acids is 1. The summed E-state index contributed by atoms with van der Waals surface area (Å²) in [6.07, 6.45) is -3.93. The van der Waals surface area contributed by atoms with Crippen molar-refractivity contribution in [3.8, 4) is 0 Å². The number of amides is 1. The lowest BCUT2D eigenvalue weighted by Gasteiger charge is -2.33. The Morgan fingerprint density at radius 3 is 2.40 bits per heavy atom. The highest BCUT2D eigenvalue weighted by Gasteiger charge is 2.37. The van der Waals surface area contributed by atoms with E-state index in [9.17, 15) is 28.1 Å². The van der Waals surface area contributed by atoms with Crippen molar-refractivity contribution in [1.82, 2.24) is 5.32 Å². The van der Waals surface area contributed by atoms with E-state index in [0.29, 0.717) is 38.5 Å². The van der Waals surface area contributed by atoms with Crippen LogP contribution < -0.4 is 10.2 Å². The second kappa shape index (κ2) is 8.91. The predicted octanol–water partition coefficient (Wildman–Crippen LogP) is 4.80. The molecule has 2 aromatic rings. The van der Waals surface area contributed by atoms with Crippen molar-refractivity contribution in [3.63, 3.8) is 0 Å². The topological polar surface area (TPSA) is 75.5 Å². The van der Waals surface area contributed by atoms with Crippen molar-refractivity contribution < 1.29 is 22.9 Å². The summed E-state index contributed by atoms with van der Waals surface area (Å²) in [5, 5.41) is 13.6. The first kappa shape index (κ1) is 21.9. The molecule has 3 rings (SSSR count). The van der Waals surface area contributed by atoms with Crippen LogP contribution >= 0.6 is 11.6 Å². The number of alkyl halides is 3. The van der Waals surface area contributed by atoms with Crippen molar-refractivity contribution in [2.24, 2.45) is 5.92 Å². The second-order valence-corrected chi connectivity index (χ2v) is 7.45. The van der Waals surface area contributed by atoms with Gasteiger partial charge in [-0.1, -0.05) is 41.9 Å². The van der Waals surface area contributed by atoms with Crippen LogP contribution in [-0.4, -0.2) is 23.9 Å². The molecule has 0 radical (unpaired) electrons. The van der Waals surface area contributed by atoms with Gasteiger partial charge in [0.05, 0.1) is 15.5 Å². The lowest BCUT2D eigenvalue weighted by molar-refractivity contribution is -0.384. The fourth-order valence-electron chi connectivity index (χ4n) is 3.48. The van der Waals surface area contributed by atoms with E-state index in [1.807, 2.05) is 30.3 Å². The van der Waals surface area contributed by atoms with Gasteiger partial charge in [0.25, 0.3) is 5.69 Å². The van der Waals surface area contributed by atoms with Crippen LogP contribution in [0.15, 0.2) is 42.5 Å².